The van der Waals surface area contributed by atoms with E-state index in [9.17, 15) is 13.2 Å². The van der Waals surface area contributed by atoms with Gasteiger partial charge in [0.05, 0.1) is 35.1 Å². The van der Waals surface area contributed by atoms with Gasteiger partial charge < -0.3 is 19.9 Å². The van der Waals surface area contributed by atoms with Crippen LogP contribution in [-0.4, -0.2) is 43.7 Å². The van der Waals surface area contributed by atoms with Gasteiger partial charge in [0.2, 0.25) is 10.0 Å². The number of aromatic nitrogens is 2. The third-order valence-electron chi connectivity index (χ3n) is 4.54. The largest absolute Gasteiger partial charge is 0.495 e. The monoisotopic (exact) mass is 445 g/mol. The van der Waals surface area contributed by atoms with Crippen molar-refractivity contribution >= 4 is 32.8 Å². The van der Waals surface area contributed by atoms with Gasteiger partial charge in [0, 0.05) is 19.1 Å². The molecule has 0 radical (unpaired) electrons. The number of amides is 2. The van der Waals surface area contributed by atoms with E-state index in [1.54, 1.807) is 51.6 Å². The molecule has 166 valence electrons. The average molecular weight is 446 g/mol. The van der Waals surface area contributed by atoms with Crippen molar-refractivity contribution < 1.29 is 17.9 Å². The second kappa shape index (κ2) is 9.36. The fourth-order valence-electron chi connectivity index (χ4n) is 3.14. The number of nitrogens with one attached hydrogen (secondary N) is 3. The number of sulfonamides is 1. The van der Waals surface area contributed by atoms with Crippen LogP contribution in [0.15, 0.2) is 47.6 Å². The molecule has 0 aliphatic heterocycles. The van der Waals surface area contributed by atoms with Gasteiger partial charge in [-0.3, -0.25) is 0 Å². The lowest BCUT2D eigenvalue weighted by molar-refractivity contribution is 0.251. The van der Waals surface area contributed by atoms with Gasteiger partial charge in [0.25, 0.3) is 0 Å². The van der Waals surface area contributed by atoms with Crippen LogP contribution in [0.4, 0.5) is 10.5 Å². The van der Waals surface area contributed by atoms with E-state index in [1.807, 2.05) is 23.6 Å². The number of hydrogen-bond acceptors (Lipinski definition) is 5. The first-order valence-electron chi connectivity index (χ1n) is 9.86. The van der Waals surface area contributed by atoms with E-state index in [0.717, 1.165) is 11.1 Å². The van der Waals surface area contributed by atoms with Crippen LogP contribution in [0.25, 0.3) is 11.0 Å². The molecule has 0 aliphatic rings. The summed E-state index contributed by atoms with van der Waals surface area (Å²) in [7, 11) is -2.03. The number of benzene rings is 2. The number of fused-ring (bicyclic) bond motifs is 1. The first kappa shape index (κ1) is 22.6. The zero-order valence-electron chi connectivity index (χ0n) is 18.0. The van der Waals surface area contributed by atoms with E-state index < -0.39 is 10.0 Å². The summed E-state index contributed by atoms with van der Waals surface area (Å²) >= 11 is 0. The van der Waals surface area contributed by atoms with Crippen LogP contribution in [0.1, 0.15) is 19.4 Å². The maximum atomic E-state index is 12.3. The number of ether oxygens (including phenoxy) is 1. The molecule has 0 spiro atoms. The van der Waals surface area contributed by atoms with Crippen molar-refractivity contribution in [3.63, 3.8) is 0 Å². The molecule has 31 heavy (non-hydrogen) atoms. The highest BCUT2D eigenvalue weighted by Gasteiger charge is 2.17. The summed E-state index contributed by atoms with van der Waals surface area (Å²) < 4.78 is 34.4. The molecule has 10 heteroatoms. The molecule has 3 N–H and O–H groups in total. The highest BCUT2D eigenvalue weighted by Crippen LogP contribution is 2.25. The number of aryl methyl sites for hydroxylation is 1. The van der Waals surface area contributed by atoms with Crippen molar-refractivity contribution in [1.29, 1.82) is 0 Å². The lowest BCUT2D eigenvalue weighted by Crippen LogP contribution is -2.31. The van der Waals surface area contributed by atoms with E-state index in [2.05, 4.69) is 20.3 Å². The van der Waals surface area contributed by atoms with Crippen molar-refractivity contribution in [2.75, 3.05) is 19.0 Å². The van der Waals surface area contributed by atoms with Gasteiger partial charge in [-0.1, -0.05) is 6.07 Å². The van der Waals surface area contributed by atoms with Gasteiger partial charge in [-0.15, -0.1) is 0 Å². The van der Waals surface area contributed by atoms with Crippen molar-refractivity contribution in [2.24, 2.45) is 0 Å². The molecule has 3 rings (SSSR count). The van der Waals surface area contributed by atoms with Crippen molar-refractivity contribution in [3.05, 3.63) is 48.3 Å². The number of imidazole rings is 1. The highest BCUT2D eigenvalue weighted by atomic mass is 32.2. The Hall–Kier alpha value is -3.11. The molecule has 3 aromatic rings. The molecule has 1 heterocycles. The lowest BCUT2D eigenvalue weighted by atomic mass is 10.2. The second-order valence-electron chi connectivity index (χ2n) is 7.45. The number of urea groups is 1. The summed E-state index contributed by atoms with van der Waals surface area (Å²) in [6.07, 6.45) is 1.63. The number of nitrogens with zero attached hydrogens (tertiary/aromatic N) is 2. The molecule has 0 unspecified atom stereocenters. The van der Waals surface area contributed by atoms with Gasteiger partial charge in [0.15, 0.2) is 0 Å². The Morgan fingerprint density at radius 1 is 1.19 bits per heavy atom. The van der Waals surface area contributed by atoms with Gasteiger partial charge in [-0.25, -0.2) is 22.9 Å². The maximum Gasteiger partial charge on any atom is 0.319 e. The van der Waals surface area contributed by atoms with Crippen LogP contribution in [0.3, 0.4) is 0 Å². The predicted octanol–water partition coefficient (Wildman–Crippen LogP) is 2.86. The summed E-state index contributed by atoms with van der Waals surface area (Å²) in [6.45, 7) is 6.31. The number of carbonyl (C=O) groups excluding carboxylic acids is 1. The second-order valence-corrected chi connectivity index (χ2v) is 9.16. The van der Waals surface area contributed by atoms with Gasteiger partial charge in [-0.2, -0.15) is 0 Å². The molecule has 0 saturated heterocycles. The lowest BCUT2D eigenvalue weighted by Gasteiger charge is -2.12. The SMILES string of the molecule is COc1ccc(C)cc1NC(=O)NCCn1cnc2cc(S(=O)(=O)NC(C)C)ccc21. The Morgan fingerprint density at radius 2 is 1.97 bits per heavy atom. The van der Waals surface area contributed by atoms with Crippen molar-refractivity contribution in [2.45, 2.75) is 38.3 Å². The molecule has 2 amide bonds. The molecule has 2 aromatic carbocycles. The maximum absolute atomic E-state index is 12.3. The molecule has 0 atom stereocenters. The topological polar surface area (TPSA) is 114 Å². The van der Waals surface area contributed by atoms with Crippen LogP contribution in [0, 0.1) is 6.92 Å². The first-order chi connectivity index (χ1) is 14.7. The van der Waals surface area contributed by atoms with Crippen LogP contribution < -0.4 is 20.1 Å². The third kappa shape index (κ3) is 5.53. The Morgan fingerprint density at radius 3 is 2.68 bits per heavy atom. The van der Waals surface area contributed by atoms with Crippen LogP contribution in [0.5, 0.6) is 5.75 Å². The minimum absolute atomic E-state index is 0.170. The average Bonchev–Trinajstić information content (AvgIpc) is 3.09. The smallest absolute Gasteiger partial charge is 0.319 e. The Labute approximate surface area is 181 Å². The van der Waals surface area contributed by atoms with Crippen LogP contribution >= 0.6 is 0 Å². The molecule has 1 aromatic heterocycles. The van der Waals surface area contributed by atoms with E-state index in [1.165, 1.54) is 0 Å². The van der Waals surface area contributed by atoms with Crippen LogP contribution in [-0.2, 0) is 16.6 Å². The summed E-state index contributed by atoms with van der Waals surface area (Å²) in [5.41, 5.74) is 2.95. The zero-order chi connectivity index (χ0) is 22.6. The first-order valence-corrected chi connectivity index (χ1v) is 11.3. The zero-order valence-corrected chi connectivity index (χ0v) is 18.8. The quantitative estimate of drug-likeness (QED) is 0.493. The minimum atomic E-state index is -3.58. The Kier molecular flexibility index (Phi) is 6.81. The van der Waals surface area contributed by atoms with E-state index in [4.69, 9.17) is 4.74 Å². The molecule has 0 saturated carbocycles. The Balaban J connectivity index is 1.63. The summed E-state index contributed by atoms with van der Waals surface area (Å²) in [5, 5.41) is 5.59. The van der Waals surface area contributed by atoms with Crippen molar-refractivity contribution in [1.82, 2.24) is 19.6 Å². The predicted molar refractivity (Wildman–Crippen MR) is 120 cm³/mol. The van der Waals surface area contributed by atoms with Gasteiger partial charge >= 0.3 is 6.03 Å². The van der Waals surface area contributed by atoms with Gasteiger partial charge in [0.1, 0.15) is 5.75 Å². The third-order valence-corrected chi connectivity index (χ3v) is 6.19. The minimum Gasteiger partial charge on any atom is -0.495 e. The van der Waals surface area contributed by atoms with E-state index in [-0.39, 0.29) is 17.0 Å². The van der Waals surface area contributed by atoms with E-state index in [0.29, 0.717) is 30.0 Å². The molecule has 0 aliphatic carbocycles. The summed E-state index contributed by atoms with van der Waals surface area (Å²) in [4.78, 5) is 16.7. The molecule has 0 bridgehead atoms. The molecule has 9 nitrogen and oxygen atoms in total. The fraction of sp³-hybridized carbons (Fsp3) is 0.333. The van der Waals surface area contributed by atoms with Gasteiger partial charge in [-0.05, 0) is 56.7 Å². The Bertz CT molecular complexity index is 1190. The molecular weight excluding hydrogens is 418 g/mol. The number of hydrogen-bond donors (Lipinski definition) is 3. The summed E-state index contributed by atoms with van der Waals surface area (Å²) in [6, 6.07) is 9.80. The highest BCUT2D eigenvalue weighted by molar-refractivity contribution is 7.89. The fourth-order valence-corrected chi connectivity index (χ4v) is 4.41. The number of rotatable bonds is 8. The number of anilines is 1. The normalized spacial score (nSPS) is 11.6. The summed E-state index contributed by atoms with van der Waals surface area (Å²) in [5.74, 6) is 0.582. The number of carbonyl (C=O) groups is 1. The van der Waals surface area contributed by atoms with Crippen molar-refractivity contribution in [3.8, 4) is 5.75 Å². The number of methoxy groups -OCH3 is 1. The molecule has 0 fully saturated rings. The standard InChI is InChI=1S/C21H27N5O4S/c1-14(2)25-31(28,29)16-6-7-19-17(12-16)23-13-26(19)10-9-22-21(27)24-18-11-15(3)5-8-20(18)30-4/h5-8,11-14,25H,9-10H2,1-4H3,(H2,22,24,27). The van der Waals surface area contributed by atoms with Crippen LogP contribution in [0.2, 0.25) is 0 Å². The van der Waals surface area contributed by atoms with E-state index >= 15 is 0 Å². The molecular formula is C21H27N5O4S.